The minimum Gasteiger partial charge on any atom is -0.337 e. The molecular weight excluding hydrogens is 429 g/mol. The number of hydrogen-bond donors (Lipinski definition) is 1. The molecule has 1 amide bonds. The number of halogens is 1. The van der Waals surface area contributed by atoms with E-state index in [1.54, 1.807) is 4.90 Å². The molecule has 0 saturated heterocycles. The van der Waals surface area contributed by atoms with Crippen LogP contribution >= 0.6 is 0 Å². The van der Waals surface area contributed by atoms with E-state index >= 15 is 0 Å². The van der Waals surface area contributed by atoms with Gasteiger partial charge in [0, 0.05) is 37.6 Å². The zero-order chi connectivity index (χ0) is 23.6. The molecule has 4 aromatic rings. The lowest BCUT2D eigenvalue weighted by molar-refractivity contribution is 0.0725. The SMILES string of the molecule is Cc1cccc2cc(-c3nc4cc5c(cc4n3C)CCN(C[C@H](N)CF)C5=O)n(CC3CC3)c12. The molecule has 0 bridgehead atoms. The molecule has 1 saturated carbocycles. The molecular formula is C27H30FN5O. The second kappa shape index (κ2) is 7.94. The highest BCUT2D eigenvalue weighted by molar-refractivity contribution is 6.00. The van der Waals surface area contributed by atoms with Gasteiger partial charge in [-0.1, -0.05) is 18.2 Å². The molecule has 176 valence electrons. The lowest BCUT2D eigenvalue weighted by Gasteiger charge is -2.30. The van der Waals surface area contributed by atoms with Crippen molar-refractivity contribution in [2.75, 3.05) is 19.8 Å². The first-order valence-electron chi connectivity index (χ1n) is 12.1. The third-order valence-corrected chi connectivity index (χ3v) is 7.42. The van der Waals surface area contributed by atoms with Crippen LogP contribution in [0.2, 0.25) is 0 Å². The van der Waals surface area contributed by atoms with E-state index in [9.17, 15) is 9.18 Å². The van der Waals surface area contributed by atoms with Gasteiger partial charge in [0.15, 0.2) is 5.82 Å². The molecule has 1 aliphatic heterocycles. The van der Waals surface area contributed by atoms with Gasteiger partial charge in [-0.2, -0.15) is 0 Å². The number of carbonyl (C=O) groups excluding carboxylic acids is 1. The van der Waals surface area contributed by atoms with Crippen LogP contribution in [0.25, 0.3) is 33.5 Å². The maximum absolute atomic E-state index is 13.1. The molecule has 6 rings (SSSR count). The predicted octanol–water partition coefficient (Wildman–Crippen LogP) is 4.21. The number of benzene rings is 2. The summed E-state index contributed by atoms with van der Waals surface area (Å²) in [5.41, 5.74) is 13.0. The molecule has 34 heavy (non-hydrogen) atoms. The van der Waals surface area contributed by atoms with Crippen LogP contribution in [0.3, 0.4) is 0 Å². The highest BCUT2D eigenvalue weighted by atomic mass is 19.1. The molecule has 3 heterocycles. The quantitative estimate of drug-likeness (QED) is 0.470. The van der Waals surface area contributed by atoms with Gasteiger partial charge in [-0.25, -0.2) is 9.37 Å². The molecule has 7 heteroatoms. The van der Waals surface area contributed by atoms with Crippen LogP contribution in [0.4, 0.5) is 4.39 Å². The Kier molecular flexibility index (Phi) is 4.99. The van der Waals surface area contributed by atoms with E-state index in [0.29, 0.717) is 12.1 Å². The van der Waals surface area contributed by atoms with Gasteiger partial charge < -0.3 is 19.8 Å². The monoisotopic (exact) mass is 459 g/mol. The average Bonchev–Trinajstić information content (AvgIpc) is 3.50. The first-order valence-corrected chi connectivity index (χ1v) is 12.1. The molecule has 0 spiro atoms. The number of alkyl halides is 1. The molecule has 1 fully saturated rings. The summed E-state index contributed by atoms with van der Waals surface area (Å²) >= 11 is 0. The van der Waals surface area contributed by atoms with Crippen LogP contribution in [-0.2, 0) is 20.0 Å². The number of aryl methyl sites for hydroxylation is 2. The van der Waals surface area contributed by atoms with Gasteiger partial charge in [0.2, 0.25) is 0 Å². The van der Waals surface area contributed by atoms with Gasteiger partial charge >= 0.3 is 0 Å². The van der Waals surface area contributed by atoms with Crippen LogP contribution < -0.4 is 5.73 Å². The average molecular weight is 460 g/mol. The van der Waals surface area contributed by atoms with Crippen LogP contribution in [-0.4, -0.2) is 50.7 Å². The molecule has 2 aromatic heterocycles. The van der Waals surface area contributed by atoms with Crippen molar-refractivity contribution >= 4 is 27.8 Å². The standard InChI is InChI=1S/C27H30FN5O/c1-16-4-3-5-19-11-24(33(25(16)19)14-17-6-7-17)26-30-22-12-21-18(10-23(22)31(26)2)8-9-32(27(21)34)15-20(29)13-28/h3-5,10-12,17,20H,6-9,13-15,29H2,1-2H3/t20-/m1/s1. The second-order valence-electron chi connectivity index (χ2n) is 10.0. The van der Waals surface area contributed by atoms with E-state index in [4.69, 9.17) is 10.7 Å². The third-order valence-electron chi connectivity index (χ3n) is 7.42. The topological polar surface area (TPSA) is 69.1 Å². The lowest BCUT2D eigenvalue weighted by Crippen LogP contribution is -2.45. The van der Waals surface area contributed by atoms with E-state index in [0.717, 1.165) is 47.0 Å². The summed E-state index contributed by atoms with van der Waals surface area (Å²) in [7, 11) is 2.06. The number of carbonyl (C=O) groups is 1. The van der Waals surface area contributed by atoms with E-state index < -0.39 is 12.7 Å². The summed E-state index contributed by atoms with van der Waals surface area (Å²) in [5, 5.41) is 1.23. The Morgan fingerprint density at radius 3 is 2.82 bits per heavy atom. The Morgan fingerprint density at radius 2 is 2.06 bits per heavy atom. The largest absolute Gasteiger partial charge is 0.337 e. The highest BCUT2D eigenvalue weighted by Gasteiger charge is 2.29. The number of hydrogen-bond acceptors (Lipinski definition) is 3. The number of nitrogens with two attached hydrogens (primary N) is 1. The smallest absolute Gasteiger partial charge is 0.254 e. The van der Waals surface area contributed by atoms with E-state index in [-0.39, 0.29) is 12.5 Å². The minimum absolute atomic E-state index is 0.0854. The van der Waals surface area contributed by atoms with Crippen molar-refractivity contribution in [3.63, 3.8) is 0 Å². The highest BCUT2D eigenvalue weighted by Crippen LogP contribution is 2.37. The minimum atomic E-state index is -0.646. The first kappa shape index (κ1) is 21.4. The van der Waals surface area contributed by atoms with Crippen LogP contribution in [0, 0.1) is 12.8 Å². The first-order chi connectivity index (χ1) is 16.4. The fraction of sp³-hybridized carbons (Fsp3) is 0.407. The molecule has 0 unspecified atom stereocenters. The number of aromatic nitrogens is 3. The van der Waals surface area contributed by atoms with Crippen molar-refractivity contribution < 1.29 is 9.18 Å². The van der Waals surface area contributed by atoms with Gasteiger partial charge in [-0.05, 0) is 61.4 Å². The summed E-state index contributed by atoms with van der Waals surface area (Å²) < 4.78 is 17.5. The summed E-state index contributed by atoms with van der Waals surface area (Å²) in [6.45, 7) is 3.34. The van der Waals surface area contributed by atoms with Gasteiger partial charge in [-0.15, -0.1) is 0 Å². The molecule has 6 nitrogen and oxygen atoms in total. The summed E-state index contributed by atoms with van der Waals surface area (Å²) in [6.07, 6.45) is 3.30. The third kappa shape index (κ3) is 3.41. The van der Waals surface area contributed by atoms with Gasteiger partial charge in [0.25, 0.3) is 5.91 Å². The Bertz CT molecular complexity index is 1430. The lowest BCUT2D eigenvalue weighted by atomic mass is 9.97. The van der Waals surface area contributed by atoms with Crippen LogP contribution in [0.5, 0.6) is 0 Å². The number of fused-ring (bicyclic) bond motifs is 3. The molecule has 0 radical (unpaired) electrons. The van der Waals surface area contributed by atoms with Crippen molar-refractivity contribution in [3.05, 3.63) is 53.1 Å². The molecule has 1 aliphatic carbocycles. The van der Waals surface area contributed by atoms with Crippen molar-refractivity contribution in [2.24, 2.45) is 18.7 Å². The number of nitrogens with zero attached hydrogens (tertiary/aromatic N) is 4. The van der Waals surface area contributed by atoms with Crippen molar-refractivity contribution in [3.8, 4) is 11.5 Å². The number of amides is 1. The van der Waals surface area contributed by atoms with E-state index in [1.807, 2.05) is 6.07 Å². The van der Waals surface area contributed by atoms with Gasteiger partial charge in [-0.3, -0.25) is 4.79 Å². The molecule has 1 atom stereocenters. The Morgan fingerprint density at radius 1 is 1.24 bits per heavy atom. The Labute approximate surface area is 198 Å². The van der Waals surface area contributed by atoms with Crippen molar-refractivity contribution in [2.45, 2.75) is 38.8 Å². The number of imidazole rings is 1. The fourth-order valence-corrected chi connectivity index (χ4v) is 5.40. The zero-order valence-electron chi connectivity index (χ0n) is 19.7. The molecule has 2 aromatic carbocycles. The Balaban J connectivity index is 1.46. The maximum Gasteiger partial charge on any atom is 0.254 e. The van der Waals surface area contributed by atoms with Crippen molar-refractivity contribution in [1.29, 1.82) is 0 Å². The van der Waals surface area contributed by atoms with Crippen LogP contribution in [0.1, 0.15) is 34.3 Å². The summed E-state index contributed by atoms with van der Waals surface area (Å²) in [5.74, 6) is 1.56. The fourth-order valence-electron chi connectivity index (χ4n) is 5.40. The second-order valence-corrected chi connectivity index (χ2v) is 10.0. The Hall–Kier alpha value is -3.19. The van der Waals surface area contributed by atoms with Gasteiger partial charge in [0.1, 0.15) is 6.67 Å². The van der Waals surface area contributed by atoms with Gasteiger partial charge in [0.05, 0.1) is 28.3 Å². The summed E-state index contributed by atoms with van der Waals surface area (Å²) in [6, 6.07) is 12.1. The predicted molar refractivity (Wildman–Crippen MR) is 133 cm³/mol. The number of para-hydroxylation sites is 1. The number of rotatable bonds is 6. The zero-order valence-corrected chi connectivity index (χ0v) is 19.7. The van der Waals surface area contributed by atoms with Crippen molar-refractivity contribution in [1.82, 2.24) is 19.0 Å². The molecule has 2 aliphatic rings. The summed E-state index contributed by atoms with van der Waals surface area (Å²) in [4.78, 5) is 19.8. The maximum atomic E-state index is 13.1. The van der Waals surface area contributed by atoms with E-state index in [2.05, 4.69) is 53.4 Å². The normalized spacial score (nSPS) is 17.1. The molecule has 2 N–H and O–H groups in total. The van der Waals surface area contributed by atoms with Crippen LogP contribution in [0.15, 0.2) is 36.4 Å². The van der Waals surface area contributed by atoms with E-state index in [1.165, 1.54) is 29.3 Å².